The summed E-state index contributed by atoms with van der Waals surface area (Å²) < 4.78 is 0. The largest absolute Gasteiger partial charge is 0.355 e. The summed E-state index contributed by atoms with van der Waals surface area (Å²) in [5.41, 5.74) is 5.94. The molecule has 6 aromatic rings. The van der Waals surface area contributed by atoms with Crippen LogP contribution < -0.4 is 5.32 Å². The van der Waals surface area contributed by atoms with E-state index >= 15 is 0 Å². The Hall–Kier alpha value is -4.10. The fourth-order valence-electron chi connectivity index (χ4n) is 4.70. The van der Waals surface area contributed by atoms with Crippen LogP contribution in [-0.4, -0.2) is 0 Å². The molecule has 0 atom stereocenters. The lowest BCUT2D eigenvalue weighted by Crippen LogP contribution is -1.92. The van der Waals surface area contributed by atoms with Gasteiger partial charge >= 0.3 is 0 Å². The lowest BCUT2D eigenvalue weighted by molar-refractivity contribution is 1.43. The molecule has 6 aromatic carbocycles. The van der Waals surface area contributed by atoms with E-state index < -0.39 is 0 Å². The molecule has 0 bridgehead atoms. The number of rotatable bonds is 3. The molecule has 1 N–H and O–H groups in total. The van der Waals surface area contributed by atoms with Crippen LogP contribution >= 0.6 is 0 Å². The van der Waals surface area contributed by atoms with E-state index in [9.17, 15) is 0 Å². The summed E-state index contributed by atoms with van der Waals surface area (Å²) in [6.07, 6.45) is 0. The summed E-state index contributed by atoms with van der Waals surface area (Å²) in [4.78, 5) is 0. The van der Waals surface area contributed by atoms with E-state index in [-0.39, 0.29) is 0 Å². The first-order valence-electron chi connectivity index (χ1n) is 11.0. The van der Waals surface area contributed by atoms with Crippen molar-refractivity contribution < 1.29 is 0 Å². The summed E-state index contributed by atoms with van der Waals surface area (Å²) >= 11 is 0. The molecular formula is C31H23N. The standard InChI is InChI=1S/C31H23N/c1-21-8-2-7-13-31(21)32-24-17-14-22(15-18-24)23-16-19-29-27-11-4-3-9-25(27)26-10-5-6-12-28(26)30(29)20-23/h2-20,32H,1H3. The predicted molar refractivity (Wildman–Crippen MR) is 139 cm³/mol. The third-order valence-electron chi connectivity index (χ3n) is 6.39. The molecule has 152 valence electrons. The molecule has 1 nitrogen and oxygen atoms in total. The van der Waals surface area contributed by atoms with E-state index in [1.54, 1.807) is 0 Å². The van der Waals surface area contributed by atoms with Gasteiger partial charge in [-0.25, -0.2) is 0 Å². The fraction of sp³-hybridized carbons (Fsp3) is 0.0323. The maximum Gasteiger partial charge on any atom is 0.0413 e. The third-order valence-corrected chi connectivity index (χ3v) is 6.39. The average molecular weight is 410 g/mol. The van der Waals surface area contributed by atoms with Gasteiger partial charge in [0.05, 0.1) is 0 Å². The molecule has 0 saturated heterocycles. The highest BCUT2D eigenvalue weighted by molar-refractivity contribution is 6.25. The van der Waals surface area contributed by atoms with Crippen molar-refractivity contribution in [2.45, 2.75) is 6.92 Å². The summed E-state index contributed by atoms with van der Waals surface area (Å²) in [6.45, 7) is 2.12. The van der Waals surface area contributed by atoms with E-state index in [4.69, 9.17) is 0 Å². The van der Waals surface area contributed by atoms with Gasteiger partial charge in [-0.2, -0.15) is 0 Å². The van der Waals surface area contributed by atoms with Gasteiger partial charge in [-0.1, -0.05) is 91.0 Å². The molecule has 0 aromatic heterocycles. The summed E-state index contributed by atoms with van der Waals surface area (Å²) in [5.74, 6) is 0. The highest BCUT2D eigenvalue weighted by atomic mass is 14.9. The normalized spacial score (nSPS) is 11.3. The van der Waals surface area contributed by atoms with Crippen LogP contribution in [0.2, 0.25) is 0 Å². The van der Waals surface area contributed by atoms with Crippen LogP contribution in [0.1, 0.15) is 5.56 Å². The lowest BCUT2D eigenvalue weighted by atomic mass is 9.92. The van der Waals surface area contributed by atoms with Gasteiger partial charge in [-0.3, -0.25) is 0 Å². The number of aryl methyl sites for hydroxylation is 1. The predicted octanol–water partition coefficient (Wildman–Crippen LogP) is 8.87. The van der Waals surface area contributed by atoms with Gasteiger partial charge in [0.2, 0.25) is 0 Å². The third kappa shape index (κ3) is 3.11. The molecule has 32 heavy (non-hydrogen) atoms. The van der Waals surface area contributed by atoms with Gasteiger partial charge < -0.3 is 5.32 Å². The fourth-order valence-corrected chi connectivity index (χ4v) is 4.70. The highest BCUT2D eigenvalue weighted by Crippen LogP contribution is 2.37. The zero-order chi connectivity index (χ0) is 21.5. The molecule has 0 radical (unpaired) electrons. The number of benzene rings is 6. The first-order valence-corrected chi connectivity index (χ1v) is 11.0. The molecule has 0 spiro atoms. The van der Waals surface area contributed by atoms with Gasteiger partial charge in [0, 0.05) is 11.4 Å². The van der Waals surface area contributed by atoms with Crippen molar-refractivity contribution in [3.05, 3.63) is 121 Å². The minimum absolute atomic E-state index is 1.10. The van der Waals surface area contributed by atoms with Gasteiger partial charge in [0.15, 0.2) is 0 Å². The summed E-state index contributed by atoms with van der Waals surface area (Å²) in [6, 6.07) is 41.4. The Bertz CT molecular complexity index is 1560. The molecule has 0 amide bonds. The first-order chi connectivity index (χ1) is 15.8. The summed E-state index contributed by atoms with van der Waals surface area (Å²) in [7, 11) is 0. The Balaban J connectivity index is 1.45. The van der Waals surface area contributed by atoms with Crippen molar-refractivity contribution in [2.24, 2.45) is 0 Å². The van der Waals surface area contributed by atoms with Crippen LogP contribution in [0.15, 0.2) is 115 Å². The topological polar surface area (TPSA) is 12.0 Å². The van der Waals surface area contributed by atoms with Crippen LogP contribution in [0.3, 0.4) is 0 Å². The van der Waals surface area contributed by atoms with E-state index in [2.05, 4.69) is 128 Å². The van der Waals surface area contributed by atoms with Crippen molar-refractivity contribution in [3.63, 3.8) is 0 Å². The van der Waals surface area contributed by atoms with Crippen LogP contribution in [0.4, 0.5) is 11.4 Å². The zero-order valence-corrected chi connectivity index (χ0v) is 18.0. The van der Waals surface area contributed by atoms with Crippen LogP contribution in [0, 0.1) is 6.92 Å². The minimum Gasteiger partial charge on any atom is -0.355 e. The SMILES string of the molecule is Cc1ccccc1Nc1ccc(-c2ccc3c4ccccc4c4ccccc4c3c2)cc1. The van der Waals surface area contributed by atoms with Gasteiger partial charge in [0.1, 0.15) is 0 Å². The second-order valence-corrected chi connectivity index (χ2v) is 8.37. The van der Waals surface area contributed by atoms with Gasteiger partial charge in [-0.05, 0) is 80.2 Å². The van der Waals surface area contributed by atoms with Crippen LogP contribution in [-0.2, 0) is 0 Å². The molecule has 0 saturated carbocycles. The Kier molecular flexibility index (Phi) is 4.40. The van der Waals surface area contributed by atoms with Crippen molar-refractivity contribution in [1.29, 1.82) is 0 Å². The second kappa shape index (κ2) is 7.55. The number of hydrogen-bond acceptors (Lipinski definition) is 1. The number of anilines is 2. The highest BCUT2D eigenvalue weighted by Gasteiger charge is 2.09. The average Bonchev–Trinajstić information content (AvgIpc) is 2.86. The zero-order valence-electron chi connectivity index (χ0n) is 18.0. The van der Waals surface area contributed by atoms with Crippen molar-refractivity contribution in [2.75, 3.05) is 5.32 Å². The van der Waals surface area contributed by atoms with Gasteiger partial charge in [-0.15, -0.1) is 0 Å². The first kappa shape index (κ1) is 18.7. The van der Waals surface area contributed by atoms with E-state index in [1.165, 1.54) is 49.0 Å². The molecule has 0 unspecified atom stereocenters. The Morgan fingerprint density at radius 3 is 1.56 bits per heavy atom. The lowest BCUT2D eigenvalue weighted by Gasteiger charge is -2.13. The minimum atomic E-state index is 1.10. The number of para-hydroxylation sites is 1. The molecule has 0 fully saturated rings. The van der Waals surface area contributed by atoms with E-state index in [1.807, 2.05) is 0 Å². The van der Waals surface area contributed by atoms with Crippen molar-refractivity contribution >= 4 is 43.7 Å². The Morgan fingerprint density at radius 2 is 0.938 bits per heavy atom. The number of fused-ring (bicyclic) bond motifs is 6. The molecule has 0 aliphatic rings. The maximum atomic E-state index is 3.52. The molecule has 0 aliphatic carbocycles. The van der Waals surface area contributed by atoms with Crippen molar-refractivity contribution in [3.8, 4) is 11.1 Å². The monoisotopic (exact) mass is 409 g/mol. The quantitative estimate of drug-likeness (QED) is 0.288. The smallest absolute Gasteiger partial charge is 0.0413 e. The number of hydrogen-bond donors (Lipinski definition) is 1. The summed E-state index contributed by atoms with van der Waals surface area (Å²) in [5, 5.41) is 11.4. The van der Waals surface area contributed by atoms with Crippen LogP contribution in [0.5, 0.6) is 0 Å². The molecule has 1 heteroatoms. The Labute approximate surface area is 188 Å². The second-order valence-electron chi connectivity index (χ2n) is 8.37. The van der Waals surface area contributed by atoms with Crippen molar-refractivity contribution in [1.82, 2.24) is 0 Å². The molecule has 6 rings (SSSR count). The van der Waals surface area contributed by atoms with E-state index in [0.29, 0.717) is 0 Å². The van der Waals surface area contributed by atoms with Crippen LogP contribution in [0.25, 0.3) is 43.4 Å². The molecule has 0 aliphatic heterocycles. The number of nitrogens with one attached hydrogen (secondary N) is 1. The Morgan fingerprint density at radius 1 is 0.438 bits per heavy atom. The maximum absolute atomic E-state index is 3.52. The van der Waals surface area contributed by atoms with E-state index in [0.717, 1.165) is 11.4 Å². The molecular weight excluding hydrogens is 386 g/mol. The van der Waals surface area contributed by atoms with Gasteiger partial charge in [0.25, 0.3) is 0 Å². The molecule has 0 heterocycles.